The molecule has 4 nitrogen and oxygen atoms in total. The monoisotopic (exact) mass is 266 g/mol. The van der Waals surface area contributed by atoms with Crippen LogP contribution < -0.4 is 10.6 Å². The van der Waals surface area contributed by atoms with Crippen molar-refractivity contribution in [1.29, 1.82) is 0 Å². The van der Waals surface area contributed by atoms with E-state index in [1.54, 1.807) is 0 Å². The summed E-state index contributed by atoms with van der Waals surface area (Å²) in [5, 5.41) is 5.62. The Balaban J connectivity index is 2.35. The lowest BCUT2D eigenvalue weighted by Crippen LogP contribution is -2.49. The van der Waals surface area contributed by atoms with Crippen molar-refractivity contribution in [3.05, 3.63) is 11.6 Å². The van der Waals surface area contributed by atoms with E-state index in [2.05, 4.69) is 16.7 Å². The molecule has 1 unspecified atom stereocenters. The van der Waals surface area contributed by atoms with Crippen molar-refractivity contribution >= 4 is 11.8 Å². The molecule has 4 heteroatoms. The fourth-order valence-corrected chi connectivity index (χ4v) is 2.34. The van der Waals surface area contributed by atoms with Gasteiger partial charge in [0.15, 0.2) is 0 Å². The van der Waals surface area contributed by atoms with Gasteiger partial charge in [0.1, 0.15) is 6.04 Å². The highest BCUT2D eigenvalue weighted by molar-refractivity contribution is 5.87. The van der Waals surface area contributed by atoms with Crippen molar-refractivity contribution in [1.82, 2.24) is 10.6 Å². The predicted octanol–water partition coefficient (Wildman–Crippen LogP) is 2.15. The van der Waals surface area contributed by atoms with Crippen molar-refractivity contribution < 1.29 is 9.59 Å². The maximum atomic E-state index is 12.0. The van der Waals surface area contributed by atoms with Crippen molar-refractivity contribution in [2.45, 2.75) is 58.9 Å². The summed E-state index contributed by atoms with van der Waals surface area (Å²) in [5.41, 5.74) is 1.45. The van der Waals surface area contributed by atoms with Crippen molar-refractivity contribution in [2.75, 3.05) is 6.54 Å². The Morgan fingerprint density at radius 3 is 2.58 bits per heavy atom. The van der Waals surface area contributed by atoms with Crippen LogP contribution in [0.2, 0.25) is 0 Å². The second-order valence-corrected chi connectivity index (χ2v) is 5.57. The van der Waals surface area contributed by atoms with Gasteiger partial charge in [-0.1, -0.05) is 25.5 Å². The Morgan fingerprint density at radius 1 is 1.32 bits per heavy atom. The summed E-state index contributed by atoms with van der Waals surface area (Å²) >= 11 is 0. The number of hydrogen-bond donors (Lipinski definition) is 2. The lowest BCUT2D eigenvalue weighted by molar-refractivity contribution is -0.129. The molecular weight excluding hydrogens is 240 g/mol. The lowest BCUT2D eigenvalue weighted by atomic mass is 9.97. The molecular formula is C15H26N2O2. The van der Waals surface area contributed by atoms with Crippen LogP contribution in [0, 0.1) is 5.92 Å². The van der Waals surface area contributed by atoms with Gasteiger partial charge < -0.3 is 10.6 Å². The predicted molar refractivity (Wildman–Crippen MR) is 76.6 cm³/mol. The number of nitrogens with one attached hydrogen (secondary N) is 2. The Kier molecular flexibility index (Phi) is 6.60. The van der Waals surface area contributed by atoms with Crippen LogP contribution in [0.3, 0.4) is 0 Å². The van der Waals surface area contributed by atoms with Gasteiger partial charge >= 0.3 is 0 Å². The number of carbonyl (C=O) groups is 2. The molecule has 0 heterocycles. The van der Waals surface area contributed by atoms with Crippen LogP contribution in [0.4, 0.5) is 0 Å². The van der Waals surface area contributed by atoms with Crippen molar-refractivity contribution in [2.24, 2.45) is 5.92 Å². The van der Waals surface area contributed by atoms with E-state index in [1.165, 1.54) is 31.8 Å². The molecule has 0 aromatic heterocycles. The number of allylic oxidation sites excluding steroid dienone is 1. The molecule has 0 saturated carbocycles. The van der Waals surface area contributed by atoms with Crippen molar-refractivity contribution in [3.8, 4) is 0 Å². The molecule has 1 aliphatic carbocycles. The molecule has 1 aliphatic rings. The minimum absolute atomic E-state index is 0.0818. The zero-order chi connectivity index (χ0) is 14.3. The minimum Gasteiger partial charge on any atom is -0.354 e. The van der Waals surface area contributed by atoms with Gasteiger partial charge in [-0.15, -0.1) is 0 Å². The average Bonchev–Trinajstić information content (AvgIpc) is 2.36. The van der Waals surface area contributed by atoms with E-state index in [0.717, 1.165) is 12.8 Å². The van der Waals surface area contributed by atoms with Crippen molar-refractivity contribution in [3.63, 3.8) is 0 Å². The van der Waals surface area contributed by atoms with E-state index < -0.39 is 6.04 Å². The Bertz CT molecular complexity index is 348. The van der Waals surface area contributed by atoms with E-state index in [0.29, 0.717) is 6.54 Å². The summed E-state index contributed by atoms with van der Waals surface area (Å²) in [6.45, 7) is 5.97. The maximum Gasteiger partial charge on any atom is 0.242 e. The van der Waals surface area contributed by atoms with Crippen LogP contribution in [0.1, 0.15) is 52.9 Å². The van der Waals surface area contributed by atoms with E-state index in [1.807, 2.05) is 13.8 Å². The van der Waals surface area contributed by atoms with Gasteiger partial charge in [-0.25, -0.2) is 0 Å². The van der Waals surface area contributed by atoms with E-state index in [9.17, 15) is 9.59 Å². The van der Waals surface area contributed by atoms with Gasteiger partial charge in [0.25, 0.3) is 0 Å². The highest BCUT2D eigenvalue weighted by Crippen LogP contribution is 2.19. The third-order valence-corrected chi connectivity index (χ3v) is 3.44. The van der Waals surface area contributed by atoms with Crippen LogP contribution in [-0.4, -0.2) is 24.4 Å². The fraction of sp³-hybridized carbons (Fsp3) is 0.733. The molecule has 0 aliphatic heterocycles. The van der Waals surface area contributed by atoms with Gasteiger partial charge in [0.2, 0.25) is 11.8 Å². The molecule has 1 rings (SSSR count). The molecule has 0 aromatic rings. The van der Waals surface area contributed by atoms with E-state index in [-0.39, 0.29) is 17.7 Å². The topological polar surface area (TPSA) is 58.2 Å². The SMILES string of the molecule is CC(=O)NC(C(=O)NCCC1=CCCCC1)C(C)C. The highest BCUT2D eigenvalue weighted by atomic mass is 16.2. The Labute approximate surface area is 116 Å². The maximum absolute atomic E-state index is 12.0. The van der Waals surface area contributed by atoms with E-state index in [4.69, 9.17) is 0 Å². The zero-order valence-electron chi connectivity index (χ0n) is 12.3. The molecule has 0 radical (unpaired) electrons. The summed E-state index contributed by atoms with van der Waals surface area (Å²) in [6.07, 6.45) is 8.10. The molecule has 0 spiro atoms. The Morgan fingerprint density at radius 2 is 2.05 bits per heavy atom. The molecule has 2 N–H and O–H groups in total. The van der Waals surface area contributed by atoms with Gasteiger partial charge in [-0.05, 0) is 38.0 Å². The van der Waals surface area contributed by atoms with Gasteiger partial charge in [0, 0.05) is 13.5 Å². The highest BCUT2D eigenvalue weighted by Gasteiger charge is 2.22. The lowest BCUT2D eigenvalue weighted by Gasteiger charge is -2.21. The summed E-state index contributed by atoms with van der Waals surface area (Å²) in [7, 11) is 0. The van der Waals surface area contributed by atoms with Gasteiger partial charge in [-0.3, -0.25) is 9.59 Å². The molecule has 108 valence electrons. The first-order valence-corrected chi connectivity index (χ1v) is 7.23. The minimum atomic E-state index is -0.433. The first kappa shape index (κ1) is 15.7. The van der Waals surface area contributed by atoms with Crippen LogP contribution in [0.25, 0.3) is 0 Å². The molecule has 0 bridgehead atoms. The molecule has 2 amide bonds. The normalized spacial score (nSPS) is 16.7. The summed E-state index contributed by atoms with van der Waals surface area (Å²) < 4.78 is 0. The largest absolute Gasteiger partial charge is 0.354 e. The van der Waals surface area contributed by atoms with Crippen LogP contribution in [0.15, 0.2) is 11.6 Å². The molecule has 1 atom stereocenters. The summed E-state index contributed by atoms with van der Waals surface area (Å²) in [5.74, 6) is -0.150. The molecule has 0 aromatic carbocycles. The Hall–Kier alpha value is -1.32. The zero-order valence-corrected chi connectivity index (χ0v) is 12.3. The molecule has 19 heavy (non-hydrogen) atoms. The summed E-state index contributed by atoms with van der Waals surface area (Å²) in [4.78, 5) is 23.1. The van der Waals surface area contributed by atoms with Crippen LogP contribution in [0.5, 0.6) is 0 Å². The standard InChI is InChI=1S/C15H26N2O2/c1-11(2)14(17-12(3)18)15(19)16-10-9-13-7-5-4-6-8-13/h7,11,14H,4-6,8-10H2,1-3H3,(H,16,19)(H,17,18). The first-order valence-electron chi connectivity index (χ1n) is 7.23. The number of carbonyl (C=O) groups excluding carboxylic acids is 2. The van der Waals surface area contributed by atoms with Gasteiger partial charge in [-0.2, -0.15) is 0 Å². The van der Waals surface area contributed by atoms with E-state index >= 15 is 0 Å². The fourth-order valence-electron chi connectivity index (χ4n) is 2.34. The summed E-state index contributed by atoms with van der Waals surface area (Å²) in [6, 6.07) is -0.433. The quantitative estimate of drug-likeness (QED) is 0.724. The number of hydrogen-bond acceptors (Lipinski definition) is 2. The molecule has 0 saturated heterocycles. The number of rotatable bonds is 6. The van der Waals surface area contributed by atoms with Gasteiger partial charge in [0.05, 0.1) is 0 Å². The third-order valence-electron chi connectivity index (χ3n) is 3.44. The first-order chi connectivity index (χ1) is 9.00. The average molecular weight is 266 g/mol. The second-order valence-electron chi connectivity index (χ2n) is 5.57. The van der Waals surface area contributed by atoms with Crippen LogP contribution >= 0.6 is 0 Å². The third kappa shape index (κ3) is 5.90. The smallest absolute Gasteiger partial charge is 0.242 e. The number of amides is 2. The second kappa shape index (κ2) is 7.97. The molecule has 0 fully saturated rings. The van der Waals surface area contributed by atoms with Crippen LogP contribution in [-0.2, 0) is 9.59 Å².